The summed E-state index contributed by atoms with van der Waals surface area (Å²) in [4.78, 5) is 27.6. The van der Waals surface area contributed by atoms with E-state index in [1.54, 1.807) is 12.1 Å². The number of carbonyl (C=O) groups is 1. The van der Waals surface area contributed by atoms with Crippen LogP contribution in [-0.2, 0) is 4.79 Å². The number of hydrogen-bond acceptors (Lipinski definition) is 5. The normalized spacial score (nSPS) is 11.8. The van der Waals surface area contributed by atoms with Crippen LogP contribution in [0.4, 0.5) is 5.69 Å². The van der Waals surface area contributed by atoms with E-state index >= 15 is 0 Å². The van der Waals surface area contributed by atoms with Gasteiger partial charge >= 0.3 is 0 Å². The van der Waals surface area contributed by atoms with Crippen LogP contribution in [0, 0.1) is 6.92 Å². The molecule has 0 aliphatic rings. The van der Waals surface area contributed by atoms with E-state index in [0.29, 0.717) is 17.1 Å². The third-order valence-corrected chi connectivity index (χ3v) is 5.17. The fourth-order valence-corrected chi connectivity index (χ4v) is 3.40. The third-order valence-electron chi connectivity index (χ3n) is 3.93. The van der Waals surface area contributed by atoms with Gasteiger partial charge < -0.3 is 5.32 Å². The van der Waals surface area contributed by atoms with E-state index in [1.165, 1.54) is 11.8 Å². The van der Waals surface area contributed by atoms with Gasteiger partial charge in [-0.2, -0.15) is 0 Å². The van der Waals surface area contributed by atoms with Crippen LogP contribution in [0.1, 0.15) is 18.9 Å². The van der Waals surface area contributed by atoms with Crippen molar-refractivity contribution in [1.82, 2.24) is 15.2 Å². The Kier molecular flexibility index (Phi) is 6.03. The van der Waals surface area contributed by atoms with Gasteiger partial charge in [0.25, 0.3) is 5.56 Å². The highest BCUT2D eigenvalue weighted by Crippen LogP contribution is 2.23. The summed E-state index contributed by atoms with van der Waals surface area (Å²) < 4.78 is 0. The number of nitrogens with zero attached hydrogens (tertiary/aromatic N) is 2. The Bertz CT molecular complexity index is 989. The van der Waals surface area contributed by atoms with Gasteiger partial charge in [0.15, 0.2) is 10.9 Å². The lowest BCUT2D eigenvalue weighted by Crippen LogP contribution is -2.25. The molecule has 0 spiro atoms. The molecule has 1 atom stereocenters. The third kappa shape index (κ3) is 4.83. The monoisotopic (exact) mass is 380 g/mol. The minimum Gasteiger partial charge on any atom is -0.325 e. The lowest BCUT2D eigenvalue weighted by Gasteiger charge is -2.14. The number of benzene rings is 2. The van der Waals surface area contributed by atoms with Gasteiger partial charge in [0.1, 0.15) is 0 Å². The molecule has 0 saturated carbocycles. The highest BCUT2D eigenvalue weighted by Gasteiger charge is 2.20. The quantitative estimate of drug-likeness (QED) is 0.637. The Morgan fingerprint density at radius 1 is 1.15 bits per heavy atom. The zero-order valence-electron chi connectivity index (χ0n) is 15.1. The number of nitrogens with one attached hydrogen (secondary N) is 2. The van der Waals surface area contributed by atoms with Gasteiger partial charge in [-0.05, 0) is 31.0 Å². The van der Waals surface area contributed by atoms with Crippen molar-refractivity contribution in [2.75, 3.05) is 5.32 Å². The Morgan fingerprint density at radius 3 is 2.59 bits per heavy atom. The first-order chi connectivity index (χ1) is 13.1. The number of anilines is 1. The molecule has 6 nitrogen and oxygen atoms in total. The number of amides is 1. The minimum atomic E-state index is -0.391. The Morgan fingerprint density at radius 2 is 1.93 bits per heavy atom. The molecule has 0 fully saturated rings. The van der Waals surface area contributed by atoms with Gasteiger partial charge in [0.2, 0.25) is 5.91 Å². The van der Waals surface area contributed by atoms with Crippen molar-refractivity contribution in [3.63, 3.8) is 0 Å². The summed E-state index contributed by atoms with van der Waals surface area (Å²) >= 11 is 1.20. The van der Waals surface area contributed by atoms with Crippen LogP contribution in [0.3, 0.4) is 0 Å². The first-order valence-electron chi connectivity index (χ1n) is 8.63. The number of hydrogen-bond donors (Lipinski definition) is 2. The summed E-state index contributed by atoms with van der Waals surface area (Å²) in [7, 11) is 0. The molecule has 1 heterocycles. The highest BCUT2D eigenvalue weighted by molar-refractivity contribution is 8.00. The Hall–Kier alpha value is -2.93. The van der Waals surface area contributed by atoms with Gasteiger partial charge in [-0.15, -0.1) is 10.2 Å². The van der Waals surface area contributed by atoms with Crippen LogP contribution < -0.4 is 10.9 Å². The maximum absolute atomic E-state index is 12.6. The van der Waals surface area contributed by atoms with E-state index in [4.69, 9.17) is 0 Å². The zero-order valence-corrected chi connectivity index (χ0v) is 15.9. The second kappa shape index (κ2) is 8.64. The maximum atomic E-state index is 12.6. The van der Waals surface area contributed by atoms with E-state index < -0.39 is 5.25 Å². The van der Waals surface area contributed by atoms with E-state index in [9.17, 15) is 9.59 Å². The number of carbonyl (C=O) groups excluding carboxylic acids is 1. The molecule has 1 amide bonds. The van der Waals surface area contributed by atoms with Crippen molar-refractivity contribution in [1.29, 1.82) is 0 Å². The average molecular weight is 380 g/mol. The standard InChI is InChI=1S/C20H20N4O2S/c1-3-16(18(25)21-15-11-7-8-13(2)12-15)27-20-22-19(26)17(23-24-20)14-9-5-4-6-10-14/h4-12,16H,3H2,1-2H3,(H,21,25)(H,22,24,26). The van der Waals surface area contributed by atoms with Crippen molar-refractivity contribution >= 4 is 23.4 Å². The molecule has 2 aromatic carbocycles. The molecule has 1 unspecified atom stereocenters. The molecule has 1 aromatic heterocycles. The van der Waals surface area contributed by atoms with E-state index in [0.717, 1.165) is 11.3 Å². The highest BCUT2D eigenvalue weighted by atomic mass is 32.2. The Labute approximate surface area is 161 Å². The number of aromatic amines is 1. The van der Waals surface area contributed by atoms with E-state index in [2.05, 4.69) is 20.5 Å². The maximum Gasteiger partial charge on any atom is 0.278 e. The van der Waals surface area contributed by atoms with E-state index in [1.807, 2.05) is 56.3 Å². The summed E-state index contributed by atoms with van der Waals surface area (Å²) in [6.07, 6.45) is 0.590. The van der Waals surface area contributed by atoms with Crippen molar-refractivity contribution < 1.29 is 4.79 Å². The molecule has 0 saturated heterocycles. The van der Waals surface area contributed by atoms with Gasteiger partial charge in [0, 0.05) is 11.3 Å². The second-order valence-corrected chi connectivity index (χ2v) is 7.24. The smallest absolute Gasteiger partial charge is 0.278 e. The summed E-state index contributed by atoms with van der Waals surface area (Å²) in [6.45, 7) is 3.88. The lowest BCUT2D eigenvalue weighted by atomic mass is 10.2. The number of thioether (sulfide) groups is 1. The fourth-order valence-electron chi connectivity index (χ4n) is 2.56. The molecule has 138 valence electrons. The molecule has 0 aliphatic heterocycles. The van der Waals surface area contributed by atoms with Crippen LogP contribution in [0.25, 0.3) is 11.3 Å². The molecule has 0 bridgehead atoms. The second-order valence-electron chi connectivity index (χ2n) is 6.05. The van der Waals surface area contributed by atoms with Gasteiger partial charge in [-0.1, -0.05) is 61.2 Å². The molecular formula is C20H20N4O2S. The van der Waals surface area contributed by atoms with Gasteiger partial charge in [0.05, 0.1) is 5.25 Å². The van der Waals surface area contributed by atoms with Crippen LogP contribution in [-0.4, -0.2) is 26.3 Å². The van der Waals surface area contributed by atoms with Crippen LogP contribution >= 0.6 is 11.8 Å². The van der Waals surface area contributed by atoms with Gasteiger partial charge in [-0.3, -0.25) is 14.6 Å². The zero-order chi connectivity index (χ0) is 19.2. The summed E-state index contributed by atoms with van der Waals surface area (Å²) in [5.41, 5.74) is 2.45. The minimum absolute atomic E-state index is 0.136. The number of aromatic nitrogens is 3. The van der Waals surface area contributed by atoms with Crippen molar-refractivity contribution in [2.45, 2.75) is 30.7 Å². The summed E-state index contributed by atoms with van der Waals surface area (Å²) in [5, 5.41) is 11.0. The van der Waals surface area contributed by atoms with Crippen LogP contribution in [0.5, 0.6) is 0 Å². The number of rotatable bonds is 6. The lowest BCUT2D eigenvalue weighted by molar-refractivity contribution is -0.115. The molecule has 3 rings (SSSR count). The average Bonchev–Trinajstić information content (AvgIpc) is 2.67. The first kappa shape index (κ1) is 18.8. The predicted molar refractivity (Wildman–Crippen MR) is 108 cm³/mol. The first-order valence-corrected chi connectivity index (χ1v) is 9.51. The molecular weight excluding hydrogens is 360 g/mol. The molecule has 0 radical (unpaired) electrons. The predicted octanol–water partition coefficient (Wildman–Crippen LogP) is 3.65. The molecule has 7 heteroatoms. The van der Waals surface area contributed by atoms with Crippen molar-refractivity contribution in [3.8, 4) is 11.3 Å². The summed E-state index contributed by atoms with van der Waals surface area (Å²) in [5.74, 6) is -0.136. The molecule has 0 aliphatic carbocycles. The number of H-pyrrole nitrogens is 1. The van der Waals surface area contributed by atoms with Crippen molar-refractivity contribution in [3.05, 3.63) is 70.5 Å². The number of aryl methyl sites for hydroxylation is 1. The topological polar surface area (TPSA) is 87.7 Å². The Balaban J connectivity index is 1.73. The van der Waals surface area contributed by atoms with Crippen LogP contribution in [0.15, 0.2) is 64.5 Å². The van der Waals surface area contributed by atoms with Crippen LogP contribution in [0.2, 0.25) is 0 Å². The largest absolute Gasteiger partial charge is 0.325 e. The molecule has 27 heavy (non-hydrogen) atoms. The van der Waals surface area contributed by atoms with Gasteiger partial charge in [-0.25, -0.2) is 0 Å². The van der Waals surface area contributed by atoms with Crippen molar-refractivity contribution in [2.24, 2.45) is 0 Å². The SMILES string of the molecule is CCC(Sc1nnc(-c2ccccc2)c(=O)[nH]1)C(=O)Nc1cccc(C)c1. The summed E-state index contributed by atoms with van der Waals surface area (Å²) in [6, 6.07) is 16.8. The fraction of sp³-hybridized carbons (Fsp3) is 0.200. The molecule has 3 aromatic rings. The molecule has 2 N–H and O–H groups in total. The van der Waals surface area contributed by atoms with E-state index in [-0.39, 0.29) is 17.2 Å².